The fourth-order valence-corrected chi connectivity index (χ4v) is 12.3. The minimum absolute atomic E-state index is 0.589. The van der Waals surface area contributed by atoms with Crippen molar-refractivity contribution in [3.8, 4) is 45.3 Å². The number of aromatic nitrogens is 4. The van der Waals surface area contributed by atoms with Gasteiger partial charge in [-0.2, -0.15) is 0 Å². The monoisotopic (exact) mass is 832 g/mol. The number of hydrogen-bond donors (Lipinski definition) is 0. The van der Waals surface area contributed by atoms with Gasteiger partial charge in [0.2, 0.25) is 0 Å². The van der Waals surface area contributed by atoms with Crippen molar-refractivity contribution in [3.05, 3.63) is 241 Å². The van der Waals surface area contributed by atoms with E-state index in [0.29, 0.717) is 5.82 Å². The van der Waals surface area contributed by atoms with Crippen molar-refractivity contribution in [3.63, 3.8) is 0 Å². The molecule has 5 heteroatoms. The molecule has 0 radical (unpaired) electrons. The highest BCUT2D eigenvalue weighted by atomic mass is 32.2. The Morgan fingerprint density at radius 2 is 0.938 bits per heavy atom. The van der Waals surface area contributed by atoms with E-state index in [0.717, 1.165) is 39.3 Å². The van der Waals surface area contributed by atoms with Gasteiger partial charge in [0.15, 0.2) is 5.82 Å². The van der Waals surface area contributed by atoms with Gasteiger partial charge >= 0.3 is 0 Å². The molecule has 0 saturated heterocycles. The van der Waals surface area contributed by atoms with Gasteiger partial charge in [-0.25, -0.2) is 9.97 Å². The molecule has 1 spiro atoms. The van der Waals surface area contributed by atoms with Gasteiger partial charge < -0.3 is 9.13 Å². The molecule has 4 nitrogen and oxygen atoms in total. The third kappa shape index (κ3) is 4.84. The van der Waals surface area contributed by atoms with Crippen LogP contribution in [0.4, 0.5) is 0 Å². The molecular weight excluding hydrogens is 797 g/mol. The van der Waals surface area contributed by atoms with E-state index in [9.17, 15) is 0 Å². The standard InChI is InChI=1S/C59H36N4S/c1-3-17-37(18-4-1)49-36-50(38-19-5-2-6-20-38)61-58(60-49)39-21-15-22-40(35-39)62-51-29-11-7-24-42(51)44-33-34-48-57(56(44)62)64-54-32-14-10-27-46(54)59(48)45-26-9-13-31-53(45)63-52-30-12-8-23-41(52)43-25-16-28-47(59)55(43)63/h1-36H. The van der Waals surface area contributed by atoms with Gasteiger partial charge in [-0.05, 0) is 64.7 Å². The molecule has 0 N–H and O–H groups in total. The van der Waals surface area contributed by atoms with E-state index in [1.165, 1.54) is 75.8 Å². The van der Waals surface area contributed by atoms with Crippen LogP contribution < -0.4 is 0 Å². The first-order valence-electron chi connectivity index (χ1n) is 21.8. The number of nitrogens with zero attached hydrogens (tertiary/aromatic N) is 4. The second-order valence-corrected chi connectivity index (χ2v) is 17.9. The molecule has 0 aliphatic carbocycles. The van der Waals surface area contributed by atoms with E-state index in [1.807, 2.05) is 23.9 Å². The summed E-state index contributed by atoms with van der Waals surface area (Å²) < 4.78 is 5.01. The highest BCUT2D eigenvalue weighted by Crippen LogP contribution is 2.62. The summed E-state index contributed by atoms with van der Waals surface area (Å²) in [5, 5.41) is 5.00. The summed E-state index contributed by atoms with van der Waals surface area (Å²) in [6.07, 6.45) is 0. The zero-order valence-corrected chi connectivity index (χ0v) is 35.3. The lowest BCUT2D eigenvalue weighted by molar-refractivity contribution is 0.691. The first kappa shape index (κ1) is 35.6. The molecule has 0 fully saturated rings. The van der Waals surface area contributed by atoms with Crippen LogP contribution in [0.1, 0.15) is 22.3 Å². The Morgan fingerprint density at radius 3 is 1.69 bits per heavy atom. The van der Waals surface area contributed by atoms with Crippen LogP contribution in [0.3, 0.4) is 0 Å². The molecule has 3 aromatic heterocycles. The van der Waals surface area contributed by atoms with Gasteiger partial charge in [0.25, 0.3) is 0 Å². The summed E-state index contributed by atoms with van der Waals surface area (Å²) in [4.78, 5) is 13.0. The van der Waals surface area contributed by atoms with E-state index >= 15 is 0 Å². The van der Waals surface area contributed by atoms with Crippen LogP contribution in [0.2, 0.25) is 0 Å². The van der Waals surface area contributed by atoms with Gasteiger partial charge in [0.1, 0.15) is 0 Å². The first-order chi connectivity index (χ1) is 31.8. The van der Waals surface area contributed by atoms with E-state index in [1.54, 1.807) is 0 Å². The molecule has 298 valence electrons. The maximum Gasteiger partial charge on any atom is 0.160 e. The van der Waals surface area contributed by atoms with Crippen LogP contribution >= 0.6 is 11.8 Å². The molecule has 14 rings (SSSR count). The minimum atomic E-state index is -0.589. The SMILES string of the molecule is c1ccc(-c2cc(-c3ccccc3)nc(-c3cccc(-n4c5ccccc5c5ccc6c(c54)Sc4ccccc4C64c5ccccc5-n5c6ccccc6c6cccc4c65)c3)n2)cc1. The lowest BCUT2D eigenvalue weighted by atomic mass is 9.62. The first-order valence-corrected chi connectivity index (χ1v) is 22.6. The minimum Gasteiger partial charge on any atom is -0.309 e. The van der Waals surface area contributed by atoms with Gasteiger partial charge in [-0.1, -0.05) is 188 Å². The molecule has 1 atom stereocenters. The molecule has 12 aromatic rings. The van der Waals surface area contributed by atoms with Crippen molar-refractivity contribution in [1.29, 1.82) is 0 Å². The number of para-hydroxylation sites is 4. The van der Waals surface area contributed by atoms with Crippen molar-refractivity contribution in [2.45, 2.75) is 15.2 Å². The summed E-state index contributed by atoms with van der Waals surface area (Å²) >= 11 is 1.90. The molecule has 1 unspecified atom stereocenters. The van der Waals surface area contributed by atoms with Crippen molar-refractivity contribution in [1.82, 2.24) is 19.1 Å². The van der Waals surface area contributed by atoms with Gasteiger partial charge in [0, 0.05) is 53.7 Å². The van der Waals surface area contributed by atoms with E-state index in [4.69, 9.17) is 9.97 Å². The molecule has 2 aliphatic heterocycles. The zero-order chi connectivity index (χ0) is 41.9. The quantitative estimate of drug-likeness (QED) is 0.177. The van der Waals surface area contributed by atoms with Crippen molar-refractivity contribution in [2.24, 2.45) is 0 Å². The molecule has 0 saturated carbocycles. The molecule has 5 heterocycles. The summed E-state index contributed by atoms with van der Waals surface area (Å²) in [7, 11) is 0. The predicted octanol–water partition coefficient (Wildman–Crippen LogP) is 14.8. The molecule has 64 heavy (non-hydrogen) atoms. The van der Waals surface area contributed by atoms with Crippen LogP contribution in [0, 0.1) is 0 Å². The number of rotatable bonds is 4. The molecular formula is C59H36N4S. The maximum absolute atomic E-state index is 5.25. The second kappa shape index (κ2) is 13.5. The normalized spacial score (nSPS) is 14.9. The lowest BCUT2D eigenvalue weighted by Crippen LogP contribution is -2.37. The smallest absolute Gasteiger partial charge is 0.160 e. The third-order valence-corrected chi connectivity index (χ3v) is 14.8. The largest absolute Gasteiger partial charge is 0.309 e. The van der Waals surface area contributed by atoms with Gasteiger partial charge in [-0.15, -0.1) is 0 Å². The summed E-state index contributed by atoms with van der Waals surface area (Å²) in [6, 6.07) is 79.5. The summed E-state index contributed by atoms with van der Waals surface area (Å²) in [5.74, 6) is 0.689. The van der Waals surface area contributed by atoms with Crippen LogP contribution in [0.5, 0.6) is 0 Å². The molecule has 9 aromatic carbocycles. The van der Waals surface area contributed by atoms with Crippen molar-refractivity contribution >= 4 is 55.4 Å². The van der Waals surface area contributed by atoms with Crippen molar-refractivity contribution < 1.29 is 0 Å². The highest BCUT2D eigenvalue weighted by molar-refractivity contribution is 7.99. The van der Waals surface area contributed by atoms with Crippen LogP contribution in [-0.2, 0) is 5.41 Å². The van der Waals surface area contributed by atoms with Crippen LogP contribution in [-0.4, -0.2) is 19.1 Å². The third-order valence-electron chi connectivity index (χ3n) is 13.6. The van der Waals surface area contributed by atoms with E-state index in [2.05, 4.69) is 215 Å². The Bertz CT molecular complexity index is 3830. The van der Waals surface area contributed by atoms with Crippen LogP contribution in [0.25, 0.3) is 88.9 Å². The fraction of sp³-hybridized carbons (Fsp3) is 0.0169. The van der Waals surface area contributed by atoms with Crippen molar-refractivity contribution in [2.75, 3.05) is 0 Å². The van der Waals surface area contributed by atoms with Gasteiger partial charge in [-0.3, -0.25) is 0 Å². The Hall–Kier alpha value is -7.99. The lowest BCUT2D eigenvalue weighted by Gasteiger charge is -2.45. The van der Waals surface area contributed by atoms with E-state index in [-0.39, 0.29) is 0 Å². The van der Waals surface area contributed by atoms with Gasteiger partial charge in [0.05, 0.1) is 44.6 Å². The molecule has 0 amide bonds. The Labute approximate surface area is 373 Å². The van der Waals surface area contributed by atoms with E-state index < -0.39 is 5.41 Å². The summed E-state index contributed by atoms with van der Waals surface area (Å²) in [6.45, 7) is 0. The molecule has 0 bridgehead atoms. The maximum atomic E-state index is 5.25. The predicted molar refractivity (Wildman–Crippen MR) is 263 cm³/mol. The average Bonchev–Trinajstić information content (AvgIpc) is 3.90. The Morgan fingerprint density at radius 1 is 0.375 bits per heavy atom. The number of benzene rings is 9. The Balaban J connectivity index is 1.06. The average molecular weight is 833 g/mol. The second-order valence-electron chi connectivity index (χ2n) is 16.9. The number of hydrogen-bond acceptors (Lipinski definition) is 3. The Kier molecular flexibility index (Phi) is 7.51. The molecule has 2 aliphatic rings. The topological polar surface area (TPSA) is 35.6 Å². The summed E-state index contributed by atoms with van der Waals surface area (Å²) in [5.41, 5.74) is 16.6. The fourth-order valence-electron chi connectivity index (χ4n) is 11.0. The highest BCUT2D eigenvalue weighted by Gasteiger charge is 2.50. The number of fused-ring (bicyclic) bond motifs is 15. The zero-order valence-electron chi connectivity index (χ0n) is 34.5. The van der Waals surface area contributed by atoms with Crippen LogP contribution in [0.15, 0.2) is 228 Å².